The molecule has 1 aliphatic rings. The first-order valence-electron chi connectivity index (χ1n) is 6.01. The van der Waals surface area contributed by atoms with Crippen molar-refractivity contribution in [3.63, 3.8) is 0 Å². The lowest BCUT2D eigenvalue weighted by Gasteiger charge is -2.26. The number of nitrogens with zero attached hydrogens (tertiary/aromatic N) is 1. The smallest absolute Gasteiger partial charge is 0.0123 e. The standard InChI is InChI=1S/C12H26N2/c1-5-12(3,4)13-7-9-14-8-6-11(2)10-14/h11,13H,5-10H2,1-4H3. The first-order valence-corrected chi connectivity index (χ1v) is 6.01. The average Bonchev–Trinajstić information content (AvgIpc) is 2.51. The molecule has 1 saturated heterocycles. The third kappa shape index (κ3) is 3.97. The molecule has 0 amide bonds. The first-order chi connectivity index (χ1) is 6.53. The summed E-state index contributed by atoms with van der Waals surface area (Å²) in [7, 11) is 0. The van der Waals surface area contributed by atoms with Gasteiger partial charge >= 0.3 is 0 Å². The minimum Gasteiger partial charge on any atom is -0.311 e. The van der Waals surface area contributed by atoms with Crippen molar-refractivity contribution in [2.75, 3.05) is 26.2 Å². The van der Waals surface area contributed by atoms with Crippen LogP contribution in [0.5, 0.6) is 0 Å². The summed E-state index contributed by atoms with van der Waals surface area (Å²) in [6.07, 6.45) is 2.58. The molecular weight excluding hydrogens is 172 g/mol. The lowest BCUT2D eigenvalue weighted by atomic mass is 10.0. The molecule has 0 saturated carbocycles. The van der Waals surface area contributed by atoms with Gasteiger partial charge in [-0.1, -0.05) is 13.8 Å². The topological polar surface area (TPSA) is 15.3 Å². The van der Waals surface area contributed by atoms with Gasteiger partial charge in [-0.3, -0.25) is 0 Å². The van der Waals surface area contributed by atoms with Gasteiger partial charge in [0.15, 0.2) is 0 Å². The van der Waals surface area contributed by atoms with E-state index in [-0.39, 0.29) is 0 Å². The second kappa shape index (κ2) is 5.13. The molecule has 0 aromatic carbocycles. The van der Waals surface area contributed by atoms with Crippen molar-refractivity contribution in [3.05, 3.63) is 0 Å². The zero-order valence-electron chi connectivity index (χ0n) is 10.3. The molecule has 0 aromatic heterocycles. The van der Waals surface area contributed by atoms with Crippen molar-refractivity contribution in [2.24, 2.45) is 5.92 Å². The second-order valence-electron chi connectivity index (χ2n) is 5.36. The molecule has 0 spiro atoms. The highest BCUT2D eigenvalue weighted by Gasteiger charge is 2.19. The van der Waals surface area contributed by atoms with Gasteiger partial charge in [-0.2, -0.15) is 0 Å². The predicted octanol–water partition coefficient (Wildman–Crippen LogP) is 2.11. The maximum Gasteiger partial charge on any atom is 0.0123 e. The quantitative estimate of drug-likeness (QED) is 0.728. The molecule has 0 aromatic rings. The Kier molecular flexibility index (Phi) is 4.39. The molecule has 0 aliphatic carbocycles. The molecule has 2 heteroatoms. The van der Waals surface area contributed by atoms with E-state index in [1.807, 2.05) is 0 Å². The van der Waals surface area contributed by atoms with Crippen LogP contribution in [0.25, 0.3) is 0 Å². The SMILES string of the molecule is CCC(C)(C)NCCN1CCC(C)C1. The number of nitrogens with one attached hydrogen (secondary N) is 1. The van der Waals surface area contributed by atoms with E-state index in [1.54, 1.807) is 0 Å². The summed E-state index contributed by atoms with van der Waals surface area (Å²) in [6.45, 7) is 14.1. The Hall–Kier alpha value is -0.0800. The lowest BCUT2D eigenvalue weighted by Crippen LogP contribution is -2.42. The highest BCUT2D eigenvalue weighted by Crippen LogP contribution is 2.14. The zero-order chi connectivity index (χ0) is 10.6. The maximum atomic E-state index is 3.61. The lowest BCUT2D eigenvalue weighted by molar-refractivity contribution is 0.294. The summed E-state index contributed by atoms with van der Waals surface area (Å²) < 4.78 is 0. The Balaban J connectivity index is 2.10. The van der Waals surface area contributed by atoms with Crippen LogP contribution in [0.15, 0.2) is 0 Å². The number of hydrogen-bond acceptors (Lipinski definition) is 2. The van der Waals surface area contributed by atoms with Gasteiger partial charge in [0.1, 0.15) is 0 Å². The highest BCUT2D eigenvalue weighted by molar-refractivity contribution is 4.77. The fourth-order valence-electron chi connectivity index (χ4n) is 1.91. The monoisotopic (exact) mass is 198 g/mol. The summed E-state index contributed by atoms with van der Waals surface area (Å²) in [5.41, 5.74) is 0.311. The van der Waals surface area contributed by atoms with Gasteiger partial charge in [0, 0.05) is 25.2 Å². The fourth-order valence-corrected chi connectivity index (χ4v) is 1.91. The van der Waals surface area contributed by atoms with Crippen LogP contribution in [0.1, 0.15) is 40.5 Å². The largest absolute Gasteiger partial charge is 0.311 e. The third-order valence-corrected chi connectivity index (χ3v) is 3.42. The Morgan fingerprint density at radius 2 is 2.14 bits per heavy atom. The van der Waals surface area contributed by atoms with E-state index in [1.165, 1.54) is 32.5 Å². The molecule has 1 heterocycles. The van der Waals surface area contributed by atoms with Gasteiger partial charge in [-0.25, -0.2) is 0 Å². The Labute approximate surface area is 89.1 Å². The summed E-state index contributed by atoms with van der Waals surface area (Å²) in [6, 6.07) is 0. The van der Waals surface area contributed by atoms with Crippen LogP contribution in [0.2, 0.25) is 0 Å². The maximum absolute atomic E-state index is 3.61. The van der Waals surface area contributed by atoms with E-state index in [0.717, 1.165) is 12.5 Å². The van der Waals surface area contributed by atoms with Gasteiger partial charge in [0.2, 0.25) is 0 Å². The summed E-state index contributed by atoms with van der Waals surface area (Å²) in [4.78, 5) is 2.57. The van der Waals surface area contributed by atoms with Crippen molar-refractivity contribution in [1.29, 1.82) is 0 Å². The normalized spacial score (nSPS) is 24.4. The van der Waals surface area contributed by atoms with E-state index in [4.69, 9.17) is 0 Å². The van der Waals surface area contributed by atoms with Crippen LogP contribution >= 0.6 is 0 Å². The van der Waals surface area contributed by atoms with Gasteiger partial charge < -0.3 is 10.2 Å². The summed E-state index contributed by atoms with van der Waals surface area (Å²) >= 11 is 0. The van der Waals surface area contributed by atoms with Crippen molar-refractivity contribution in [1.82, 2.24) is 10.2 Å². The molecule has 0 radical (unpaired) electrons. The highest BCUT2D eigenvalue weighted by atomic mass is 15.2. The summed E-state index contributed by atoms with van der Waals surface area (Å²) in [5.74, 6) is 0.911. The third-order valence-electron chi connectivity index (χ3n) is 3.42. The molecule has 1 N–H and O–H groups in total. The average molecular weight is 198 g/mol. The van der Waals surface area contributed by atoms with E-state index < -0.39 is 0 Å². The van der Waals surface area contributed by atoms with Crippen molar-refractivity contribution < 1.29 is 0 Å². The van der Waals surface area contributed by atoms with Gasteiger partial charge in [-0.15, -0.1) is 0 Å². The fraction of sp³-hybridized carbons (Fsp3) is 1.00. The molecule has 1 fully saturated rings. The minimum atomic E-state index is 0.311. The predicted molar refractivity (Wildman–Crippen MR) is 62.6 cm³/mol. The van der Waals surface area contributed by atoms with Crippen LogP contribution < -0.4 is 5.32 Å². The molecule has 0 bridgehead atoms. The van der Waals surface area contributed by atoms with Crippen LogP contribution in [0, 0.1) is 5.92 Å². The van der Waals surface area contributed by atoms with Gasteiger partial charge in [0.25, 0.3) is 0 Å². The van der Waals surface area contributed by atoms with Crippen LogP contribution in [0.3, 0.4) is 0 Å². The molecule has 14 heavy (non-hydrogen) atoms. The van der Waals surface area contributed by atoms with E-state index >= 15 is 0 Å². The number of rotatable bonds is 5. The van der Waals surface area contributed by atoms with E-state index in [0.29, 0.717) is 5.54 Å². The first kappa shape index (κ1) is 12.0. The van der Waals surface area contributed by atoms with Gasteiger partial charge in [0.05, 0.1) is 0 Å². The molecule has 1 atom stereocenters. The van der Waals surface area contributed by atoms with Crippen molar-refractivity contribution >= 4 is 0 Å². The minimum absolute atomic E-state index is 0.311. The van der Waals surface area contributed by atoms with E-state index in [9.17, 15) is 0 Å². The zero-order valence-corrected chi connectivity index (χ0v) is 10.3. The molecule has 1 rings (SSSR count). The van der Waals surface area contributed by atoms with Crippen LogP contribution in [-0.2, 0) is 0 Å². The molecular formula is C12H26N2. The molecule has 1 unspecified atom stereocenters. The Morgan fingerprint density at radius 1 is 1.43 bits per heavy atom. The Bertz CT molecular complexity index is 166. The molecule has 2 nitrogen and oxygen atoms in total. The molecule has 1 aliphatic heterocycles. The van der Waals surface area contributed by atoms with E-state index in [2.05, 4.69) is 37.9 Å². The van der Waals surface area contributed by atoms with Crippen molar-refractivity contribution in [3.8, 4) is 0 Å². The second-order valence-corrected chi connectivity index (χ2v) is 5.36. The molecule has 84 valence electrons. The number of likely N-dealkylation sites (tertiary alicyclic amines) is 1. The Morgan fingerprint density at radius 3 is 2.64 bits per heavy atom. The summed E-state index contributed by atoms with van der Waals surface area (Å²) in [5, 5.41) is 3.61. The van der Waals surface area contributed by atoms with Crippen LogP contribution in [0.4, 0.5) is 0 Å². The number of hydrogen-bond donors (Lipinski definition) is 1. The van der Waals surface area contributed by atoms with Gasteiger partial charge in [-0.05, 0) is 39.2 Å². The van der Waals surface area contributed by atoms with Crippen molar-refractivity contribution in [2.45, 2.75) is 46.1 Å². The van der Waals surface area contributed by atoms with Crippen LogP contribution in [-0.4, -0.2) is 36.6 Å².